The maximum atomic E-state index is 13.5. The highest BCUT2D eigenvalue weighted by Gasteiger charge is 2.47. The van der Waals surface area contributed by atoms with Crippen LogP contribution in [0.3, 0.4) is 0 Å². The van der Waals surface area contributed by atoms with Gasteiger partial charge in [-0.05, 0) is 68.1 Å². The molecule has 0 aromatic heterocycles. The molecule has 3 N–H and O–H groups in total. The Labute approximate surface area is 228 Å². The molecule has 2 fully saturated rings. The van der Waals surface area contributed by atoms with Crippen LogP contribution in [0.15, 0.2) is 48.5 Å². The number of hydrogen-bond donors (Lipinski definition) is 2. The third-order valence-corrected chi connectivity index (χ3v) is 7.89. The third kappa shape index (κ3) is 6.60. The van der Waals surface area contributed by atoms with Gasteiger partial charge in [0, 0.05) is 19.6 Å². The predicted octanol–water partition coefficient (Wildman–Crippen LogP) is 4.89. The average Bonchev–Trinajstić information content (AvgIpc) is 2.92. The number of likely N-dealkylation sites (tertiary alicyclic amines) is 2. The number of carbonyl (C=O) groups is 2. The van der Waals surface area contributed by atoms with Crippen molar-refractivity contribution in [2.45, 2.75) is 62.6 Å². The van der Waals surface area contributed by atoms with E-state index in [1.54, 1.807) is 30.3 Å². The highest BCUT2D eigenvalue weighted by Crippen LogP contribution is 2.37. The van der Waals surface area contributed by atoms with Crippen LogP contribution in [-0.2, 0) is 28.5 Å². The molecular formula is C28H32F6N4O2. The summed E-state index contributed by atoms with van der Waals surface area (Å²) in [6.07, 6.45) is -6.13. The van der Waals surface area contributed by atoms with Crippen molar-refractivity contribution in [1.29, 1.82) is 0 Å². The lowest BCUT2D eigenvalue weighted by Crippen LogP contribution is -2.63. The van der Waals surface area contributed by atoms with E-state index in [1.165, 1.54) is 0 Å². The highest BCUT2D eigenvalue weighted by atomic mass is 19.4. The maximum Gasteiger partial charge on any atom is 0.416 e. The number of nitrogens with two attached hydrogens (primary N) is 1. The Morgan fingerprint density at radius 1 is 0.850 bits per heavy atom. The van der Waals surface area contributed by atoms with E-state index in [9.17, 15) is 35.9 Å². The number of carbonyl (C=O) groups excluding carboxylic acids is 2. The zero-order valence-electron chi connectivity index (χ0n) is 21.8. The van der Waals surface area contributed by atoms with Crippen LogP contribution in [0.1, 0.15) is 60.4 Å². The molecule has 40 heavy (non-hydrogen) atoms. The van der Waals surface area contributed by atoms with E-state index in [0.717, 1.165) is 32.4 Å². The van der Waals surface area contributed by atoms with Crippen LogP contribution in [0.25, 0.3) is 0 Å². The SMILES string of the molecule is NC(=O)C1(N2CCCCC2)CCN(C(C(=O)NCc2cc(C(F)(F)F)cc(C(F)(F)F)c2)c2ccccc2)CC1. The first-order valence-electron chi connectivity index (χ1n) is 13.2. The molecule has 0 saturated carbocycles. The monoisotopic (exact) mass is 570 g/mol. The molecule has 2 aromatic rings. The Morgan fingerprint density at radius 3 is 1.90 bits per heavy atom. The summed E-state index contributed by atoms with van der Waals surface area (Å²) in [7, 11) is 0. The third-order valence-electron chi connectivity index (χ3n) is 7.89. The van der Waals surface area contributed by atoms with Crippen molar-refractivity contribution in [2.75, 3.05) is 26.2 Å². The summed E-state index contributed by atoms with van der Waals surface area (Å²) in [5.74, 6) is -0.971. The van der Waals surface area contributed by atoms with E-state index in [1.807, 2.05) is 4.90 Å². The summed E-state index contributed by atoms with van der Waals surface area (Å²) in [5.41, 5.74) is 2.48. The largest absolute Gasteiger partial charge is 0.416 e. The molecule has 0 bridgehead atoms. The van der Waals surface area contributed by atoms with Crippen molar-refractivity contribution in [3.05, 3.63) is 70.8 Å². The van der Waals surface area contributed by atoms with Crippen LogP contribution in [0.2, 0.25) is 0 Å². The summed E-state index contributed by atoms with van der Waals surface area (Å²) < 4.78 is 79.7. The van der Waals surface area contributed by atoms with E-state index in [2.05, 4.69) is 10.2 Å². The standard InChI is InChI=1S/C28H32F6N4O2/c29-27(30,31)21-15-19(16-22(17-21)28(32,33)34)18-36-24(39)23(20-7-3-1-4-8-20)37-13-9-26(10-14-37,25(35)40)38-11-5-2-6-12-38/h1,3-4,7-8,15-17,23H,2,5-6,9-14,18H2,(H2,35,40)(H,36,39). The fourth-order valence-corrected chi connectivity index (χ4v) is 5.76. The Balaban J connectivity index is 1.54. The molecule has 6 nitrogen and oxygen atoms in total. The number of alkyl halides is 6. The number of hydrogen-bond acceptors (Lipinski definition) is 4. The van der Waals surface area contributed by atoms with Gasteiger partial charge in [-0.25, -0.2) is 0 Å². The van der Waals surface area contributed by atoms with E-state index in [4.69, 9.17) is 5.73 Å². The van der Waals surface area contributed by atoms with Gasteiger partial charge in [0.2, 0.25) is 11.8 Å². The normalized spacial score (nSPS) is 19.6. The Bertz CT molecular complexity index is 1160. The Hall–Kier alpha value is -3.12. The minimum absolute atomic E-state index is 0.0547. The number of nitrogens with one attached hydrogen (secondary N) is 1. The van der Waals surface area contributed by atoms with E-state index in [-0.39, 0.29) is 11.6 Å². The average molecular weight is 571 g/mol. The molecule has 4 rings (SSSR count). The molecule has 2 aliphatic rings. The van der Waals surface area contributed by atoms with Gasteiger partial charge in [0.25, 0.3) is 0 Å². The predicted molar refractivity (Wildman–Crippen MR) is 136 cm³/mol. The first kappa shape index (κ1) is 29.9. The maximum absolute atomic E-state index is 13.5. The number of benzene rings is 2. The molecule has 2 amide bonds. The van der Waals surface area contributed by atoms with Crippen molar-refractivity contribution >= 4 is 11.8 Å². The molecule has 2 saturated heterocycles. The molecule has 12 heteroatoms. The van der Waals surface area contributed by atoms with Crippen molar-refractivity contribution in [3.63, 3.8) is 0 Å². The number of amides is 2. The zero-order chi connectivity index (χ0) is 29.1. The van der Waals surface area contributed by atoms with Crippen LogP contribution in [0.5, 0.6) is 0 Å². The van der Waals surface area contributed by atoms with Gasteiger partial charge >= 0.3 is 12.4 Å². The topological polar surface area (TPSA) is 78.7 Å². The Kier molecular flexibility index (Phi) is 8.79. The van der Waals surface area contributed by atoms with Gasteiger partial charge in [0.05, 0.1) is 11.1 Å². The molecule has 0 aliphatic carbocycles. The number of primary amides is 1. The van der Waals surface area contributed by atoms with Gasteiger partial charge in [-0.3, -0.25) is 19.4 Å². The second-order valence-electron chi connectivity index (χ2n) is 10.4. The van der Waals surface area contributed by atoms with E-state index < -0.39 is 53.4 Å². The van der Waals surface area contributed by atoms with Crippen LogP contribution in [0, 0.1) is 0 Å². The summed E-state index contributed by atoms with van der Waals surface area (Å²) >= 11 is 0. The molecule has 2 aliphatic heterocycles. The van der Waals surface area contributed by atoms with E-state index >= 15 is 0 Å². The summed E-state index contributed by atoms with van der Waals surface area (Å²) in [6, 6.07) is 9.12. The summed E-state index contributed by atoms with van der Waals surface area (Å²) in [4.78, 5) is 30.1. The number of halogens is 6. The minimum atomic E-state index is -4.98. The van der Waals surface area contributed by atoms with Crippen LogP contribution >= 0.6 is 0 Å². The van der Waals surface area contributed by atoms with Gasteiger partial charge < -0.3 is 11.1 Å². The lowest BCUT2D eigenvalue weighted by atomic mass is 9.82. The summed E-state index contributed by atoms with van der Waals surface area (Å²) in [6.45, 7) is 1.72. The fraction of sp³-hybridized carbons (Fsp3) is 0.500. The van der Waals surface area contributed by atoms with Gasteiger partial charge in [-0.2, -0.15) is 26.3 Å². The number of piperidine rings is 2. The van der Waals surface area contributed by atoms with Crippen molar-refractivity contribution in [3.8, 4) is 0 Å². The quantitative estimate of drug-likeness (QED) is 0.465. The first-order chi connectivity index (χ1) is 18.8. The van der Waals surface area contributed by atoms with Crippen molar-refractivity contribution in [2.24, 2.45) is 5.73 Å². The van der Waals surface area contributed by atoms with Crippen LogP contribution in [-0.4, -0.2) is 53.3 Å². The second kappa shape index (κ2) is 11.8. The molecule has 2 aromatic carbocycles. The second-order valence-corrected chi connectivity index (χ2v) is 10.4. The van der Waals surface area contributed by atoms with Crippen molar-refractivity contribution in [1.82, 2.24) is 15.1 Å². The molecule has 218 valence electrons. The zero-order valence-corrected chi connectivity index (χ0v) is 21.8. The van der Waals surface area contributed by atoms with Gasteiger partial charge in [-0.15, -0.1) is 0 Å². The minimum Gasteiger partial charge on any atom is -0.368 e. The highest BCUT2D eigenvalue weighted by molar-refractivity contribution is 5.85. The molecule has 0 spiro atoms. The number of nitrogens with zero attached hydrogens (tertiary/aromatic N) is 2. The van der Waals surface area contributed by atoms with E-state index in [0.29, 0.717) is 43.6 Å². The smallest absolute Gasteiger partial charge is 0.368 e. The lowest BCUT2D eigenvalue weighted by molar-refractivity contribution is -0.143. The fourth-order valence-electron chi connectivity index (χ4n) is 5.76. The lowest BCUT2D eigenvalue weighted by Gasteiger charge is -2.49. The molecule has 1 atom stereocenters. The first-order valence-corrected chi connectivity index (χ1v) is 13.2. The summed E-state index contributed by atoms with van der Waals surface area (Å²) in [5, 5.41) is 2.54. The molecule has 0 radical (unpaired) electrons. The molecule has 2 heterocycles. The van der Waals surface area contributed by atoms with Gasteiger partial charge in [-0.1, -0.05) is 36.8 Å². The molecule has 1 unspecified atom stereocenters. The van der Waals surface area contributed by atoms with Crippen LogP contribution in [0.4, 0.5) is 26.3 Å². The van der Waals surface area contributed by atoms with Crippen LogP contribution < -0.4 is 11.1 Å². The van der Waals surface area contributed by atoms with Crippen molar-refractivity contribution < 1.29 is 35.9 Å². The molecular weight excluding hydrogens is 538 g/mol. The number of rotatable bonds is 7. The van der Waals surface area contributed by atoms with Gasteiger partial charge in [0.15, 0.2) is 0 Å². The Morgan fingerprint density at radius 2 is 1.40 bits per heavy atom. The van der Waals surface area contributed by atoms with Gasteiger partial charge in [0.1, 0.15) is 11.6 Å².